The van der Waals surface area contributed by atoms with Gasteiger partial charge in [-0.25, -0.2) is 4.79 Å². The van der Waals surface area contributed by atoms with E-state index in [9.17, 15) is 14.9 Å². The Morgan fingerprint density at radius 1 is 1.41 bits per heavy atom. The smallest absolute Gasteiger partial charge is 0.419 e. The van der Waals surface area contributed by atoms with Gasteiger partial charge in [0.15, 0.2) is 0 Å². The second-order valence-electron chi connectivity index (χ2n) is 5.70. The van der Waals surface area contributed by atoms with E-state index in [2.05, 4.69) is 15.9 Å². The third kappa shape index (κ3) is 3.73. The van der Waals surface area contributed by atoms with Crippen LogP contribution >= 0.6 is 15.9 Å². The maximum Gasteiger partial charge on any atom is 0.419 e. The average molecular weight is 367 g/mol. The fourth-order valence-electron chi connectivity index (χ4n) is 1.96. The van der Waals surface area contributed by atoms with Crippen LogP contribution in [-0.2, 0) is 4.74 Å². The molecule has 0 aliphatic heterocycles. The maximum atomic E-state index is 12.3. The zero-order chi connectivity index (χ0) is 16.5. The molecule has 0 amide bonds. The number of hydrogen-bond acceptors (Lipinski definition) is 4. The first-order chi connectivity index (χ1) is 10.2. The van der Waals surface area contributed by atoms with Crippen molar-refractivity contribution in [1.29, 1.82) is 0 Å². The van der Waals surface area contributed by atoms with Crippen molar-refractivity contribution < 1.29 is 14.5 Å². The van der Waals surface area contributed by atoms with Crippen LogP contribution in [0.1, 0.15) is 26.3 Å². The lowest BCUT2D eigenvalue weighted by Crippen LogP contribution is -2.26. The monoisotopic (exact) mass is 366 g/mol. The number of hydrogen-bond donors (Lipinski definition) is 0. The summed E-state index contributed by atoms with van der Waals surface area (Å²) in [6.07, 6.45) is 3.20. The fraction of sp³-hybridized carbons (Fsp3) is 0.267. The molecule has 0 aliphatic carbocycles. The quantitative estimate of drug-likeness (QED) is 0.581. The molecule has 1 heterocycles. The Bertz CT molecular complexity index is 772. The van der Waals surface area contributed by atoms with E-state index in [4.69, 9.17) is 4.74 Å². The van der Waals surface area contributed by atoms with Gasteiger partial charge in [0.25, 0.3) is 0 Å². The van der Waals surface area contributed by atoms with E-state index in [1.165, 1.54) is 16.8 Å². The Morgan fingerprint density at radius 2 is 2.09 bits per heavy atom. The van der Waals surface area contributed by atoms with Crippen LogP contribution in [0.2, 0.25) is 0 Å². The van der Waals surface area contributed by atoms with Gasteiger partial charge in [-0.1, -0.05) is 15.9 Å². The Kier molecular flexibility index (Phi) is 4.37. The van der Waals surface area contributed by atoms with Crippen molar-refractivity contribution in [3.63, 3.8) is 0 Å². The second-order valence-corrected chi connectivity index (χ2v) is 6.61. The van der Waals surface area contributed by atoms with E-state index in [0.29, 0.717) is 11.1 Å². The molecule has 0 bridgehead atoms. The molecular formula is C15H15BrN2O4. The van der Waals surface area contributed by atoms with Gasteiger partial charge in [-0.05, 0) is 39.0 Å². The highest BCUT2D eigenvalue weighted by Gasteiger charge is 2.20. The molecule has 0 N–H and O–H groups in total. The van der Waals surface area contributed by atoms with Gasteiger partial charge in [0.05, 0.1) is 10.4 Å². The first kappa shape index (κ1) is 16.2. The van der Waals surface area contributed by atoms with Crippen LogP contribution < -0.4 is 0 Å². The van der Waals surface area contributed by atoms with Gasteiger partial charge >= 0.3 is 6.09 Å². The maximum absolute atomic E-state index is 12.3. The molecule has 2 aromatic rings. The summed E-state index contributed by atoms with van der Waals surface area (Å²) in [6, 6.07) is 5.35. The summed E-state index contributed by atoms with van der Waals surface area (Å²) in [4.78, 5) is 22.2. The summed E-state index contributed by atoms with van der Waals surface area (Å²) in [6.45, 7) is 5.34. The van der Waals surface area contributed by atoms with Crippen LogP contribution in [0.5, 0.6) is 0 Å². The number of ether oxygens (including phenoxy) is 1. The molecule has 0 unspecified atom stereocenters. The van der Waals surface area contributed by atoms with Crippen LogP contribution in [0.25, 0.3) is 17.0 Å². The van der Waals surface area contributed by atoms with Gasteiger partial charge in [0.2, 0.25) is 6.20 Å². The van der Waals surface area contributed by atoms with Gasteiger partial charge in [-0.2, -0.15) is 0 Å². The number of nitrogens with zero attached hydrogens (tertiary/aromatic N) is 2. The molecule has 0 aliphatic rings. The Balaban J connectivity index is 2.56. The number of aromatic nitrogens is 1. The van der Waals surface area contributed by atoms with Crippen molar-refractivity contribution >= 4 is 39.0 Å². The van der Waals surface area contributed by atoms with Crippen molar-refractivity contribution in [2.45, 2.75) is 26.4 Å². The molecule has 116 valence electrons. The van der Waals surface area contributed by atoms with Crippen molar-refractivity contribution in [1.82, 2.24) is 4.57 Å². The summed E-state index contributed by atoms with van der Waals surface area (Å²) < 4.78 is 7.53. The molecule has 1 aromatic heterocycles. The molecule has 1 aromatic carbocycles. The van der Waals surface area contributed by atoms with E-state index in [0.717, 1.165) is 16.1 Å². The summed E-state index contributed by atoms with van der Waals surface area (Å²) >= 11 is 3.36. The molecule has 0 atom stereocenters. The minimum Gasteiger partial charge on any atom is -0.443 e. The molecule has 0 radical (unpaired) electrons. The lowest BCUT2D eigenvalue weighted by Gasteiger charge is -2.19. The lowest BCUT2D eigenvalue weighted by molar-refractivity contribution is -0.400. The highest BCUT2D eigenvalue weighted by molar-refractivity contribution is 9.10. The molecule has 2 rings (SSSR count). The summed E-state index contributed by atoms with van der Waals surface area (Å²) in [7, 11) is 0. The van der Waals surface area contributed by atoms with Gasteiger partial charge in [0.1, 0.15) is 5.60 Å². The van der Waals surface area contributed by atoms with Crippen LogP contribution in [0.3, 0.4) is 0 Å². The van der Waals surface area contributed by atoms with Crippen LogP contribution in [-0.4, -0.2) is 21.2 Å². The normalized spacial score (nSPS) is 12.0. The van der Waals surface area contributed by atoms with Crippen molar-refractivity contribution in [2.24, 2.45) is 0 Å². The highest BCUT2D eigenvalue weighted by Crippen LogP contribution is 2.27. The molecular weight excluding hydrogens is 352 g/mol. The minimum absolute atomic E-state index is 0.527. The van der Waals surface area contributed by atoms with E-state index in [-0.39, 0.29) is 0 Å². The Labute approximate surface area is 135 Å². The van der Waals surface area contributed by atoms with E-state index >= 15 is 0 Å². The third-order valence-corrected chi connectivity index (χ3v) is 3.26. The van der Waals surface area contributed by atoms with Crippen LogP contribution in [0.15, 0.2) is 35.1 Å². The summed E-state index contributed by atoms with van der Waals surface area (Å²) in [5.41, 5.74) is 0.569. The molecule has 22 heavy (non-hydrogen) atoms. The summed E-state index contributed by atoms with van der Waals surface area (Å²) in [5.74, 6) is 0. The van der Waals surface area contributed by atoms with Crippen LogP contribution in [0, 0.1) is 10.1 Å². The highest BCUT2D eigenvalue weighted by atomic mass is 79.9. The largest absolute Gasteiger partial charge is 0.443 e. The fourth-order valence-corrected chi connectivity index (χ4v) is 2.32. The van der Waals surface area contributed by atoms with Crippen molar-refractivity contribution in [2.75, 3.05) is 0 Å². The number of nitro groups is 1. The zero-order valence-electron chi connectivity index (χ0n) is 12.4. The number of halogens is 1. The first-order valence-corrected chi connectivity index (χ1v) is 7.32. The van der Waals surface area contributed by atoms with Gasteiger partial charge in [-0.15, -0.1) is 0 Å². The predicted molar refractivity (Wildman–Crippen MR) is 87.3 cm³/mol. The number of benzene rings is 1. The number of carbonyl (C=O) groups excluding carboxylic acids is 1. The van der Waals surface area contributed by atoms with Crippen LogP contribution in [0.4, 0.5) is 4.79 Å². The number of rotatable bonds is 2. The van der Waals surface area contributed by atoms with Crippen molar-refractivity contribution in [3.05, 3.63) is 50.7 Å². The molecule has 6 nitrogen and oxygen atoms in total. The lowest BCUT2D eigenvalue weighted by atomic mass is 10.2. The number of carbonyl (C=O) groups is 1. The van der Waals surface area contributed by atoms with E-state index < -0.39 is 16.6 Å². The standard InChI is InChI=1S/C15H15BrN2O4/c1-15(2,3)22-14(19)17-9-10(6-7-18(20)21)12-8-11(16)4-5-13(12)17/h4-9H,1-3H3/b7-6+. The van der Waals surface area contributed by atoms with Gasteiger partial charge in [0, 0.05) is 27.7 Å². The Hall–Kier alpha value is -2.15. The second kappa shape index (κ2) is 5.92. The molecule has 0 saturated carbocycles. The topological polar surface area (TPSA) is 74.4 Å². The first-order valence-electron chi connectivity index (χ1n) is 6.53. The Morgan fingerprint density at radius 3 is 2.68 bits per heavy atom. The van der Waals surface area contributed by atoms with E-state index in [1.807, 2.05) is 0 Å². The van der Waals surface area contributed by atoms with E-state index in [1.54, 1.807) is 39.0 Å². The third-order valence-electron chi connectivity index (χ3n) is 2.76. The number of fused-ring (bicyclic) bond motifs is 1. The van der Waals surface area contributed by atoms with Gasteiger partial charge in [-0.3, -0.25) is 14.7 Å². The molecule has 0 fully saturated rings. The predicted octanol–water partition coefficient (Wildman–Crippen LogP) is 4.43. The molecule has 0 saturated heterocycles. The SMILES string of the molecule is CC(C)(C)OC(=O)n1cc(/C=C/[N+](=O)[O-])c2cc(Br)ccc21. The average Bonchev–Trinajstić information content (AvgIpc) is 2.72. The summed E-state index contributed by atoms with van der Waals surface area (Å²) in [5, 5.41) is 11.2. The molecule has 0 spiro atoms. The van der Waals surface area contributed by atoms with Gasteiger partial charge < -0.3 is 4.74 Å². The minimum atomic E-state index is -0.625. The van der Waals surface area contributed by atoms with Crippen molar-refractivity contribution in [3.8, 4) is 0 Å². The molecule has 7 heteroatoms. The zero-order valence-corrected chi connectivity index (χ0v) is 14.0.